The minimum absolute atomic E-state index is 0.0170. The van der Waals surface area contributed by atoms with Gasteiger partial charge in [0.15, 0.2) is 6.23 Å². The Morgan fingerprint density at radius 1 is 1.41 bits per heavy atom. The summed E-state index contributed by atoms with van der Waals surface area (Å²) < 4.78 is 6.95. The Morgan fingerprint density at radius 2 is 2.09 bits per heavy atom. The summed E-state index contributed by atoms with van der Waals surface area (Å²) in [7, 11) is 0. The van der Waals surface area contributed by atoms with E-state index in [1.807, 2.05) is 0 Å². The number of ether oxygens (including phenoxy) is 1. The summed E-state index contributed by atoms with van der Waals surface area (Å²) in [6.07, 6.45) is -1.02. The van der Waals surface area contributed by atoms with E-state index in [9.17, 15) is 24.1 Å². The van der Waals surface area contributed by atoms with E-state index in [0.717, 1.165) is 0 Å². The van der Waals surface area contributed by atoms with Gasteiger partial charge in [-0.05, 0) is 0 Å². The molecule has 0 heterocycles. The Labute approximate surface area is 130 Å². The van der Waals surface area contributed by atoms with E-state index in [-0.39, 0.29) is 37.3 Å². The van der Waals surface area contributed by atoms with Crippen LogP contribution in [-0.2, 0) is 23.9 Å². The minimum Gasteiger partial charge on any atom is -0.480 e. The largest absolute Gasteiger partial charge is 0.480 e. The van der Waals surface area contributed by atoms with Gasteiger partial charge in [0, 0.05) is 41.5 Å². The summed E-state index contributed by atoms with van der Waals surface area (Å²) in [6.45, 7) is -0.412. The SMILES string of the molecule is N[C@@H](CCC(=O)C[C@@H](CSN=O)C(=O)NCC(=O)O)OC=O. The highest BCUT2D eigenvalue weighted by molar-refractivity contribution is 7.97. The molecule has 0 aliphatic rings. The molecule has 0 rings (SSSR count). The molecule has 22 heavy (non-hydrogen) atoms. The summed E-state index contributed by atoms with van der Waals surface area (Å²) in [6, 6.07) is 0. The van der Waals surface area contributed by atoms with Crippen LogP contribution in [0.2, 0.25) is 0 Å². The average molecular weight is 335 g/mol. The number of hydrogen-bond donors (Lipinski definition) is 3. The number of amides is 1. The first-order valence-electron chi connectivity index (χ1n) is 6.21. The highest BCUT2D eigenvalue weighted by Gasteiger charge is 2.23. The lowest BCUT2D eigenvalue weighted by Crippen LogP contribution is -2.36. The maximum atomic E-state index is 11.8. The molecule has 11 heteroatoms. The van der Waals surface area contributed by atoms with E-state index in [0.29, 0.717) is 11.9 Å². The van der Waals surface area contributed by atoms with Crippen molar-refractivity contribution in [1.82, 2.24) is 5.32 Å². The van der Waals surface area contributed by atoms with Crippen LogP contribution < -0.4 is 11.1 Å². The van der Waals surface area contributed by atoms with E-state index in [1.54, 1.807) is 0 Å². The maximum Gasteiger partial charge on any atom is 0.322 e. The van der Waals surface area contributed by atoms with Crippen LogP contribution in [0, 0.1) is 10.8 Å². The Balaban J connectivity index is 4.40. The summed E-state index contributed by atoms with van der Waals surface area (Å²) in [5.74, 6) is -3.13. The fourth-order valence-electron chi connectivity index (χ4n) is 1.47. The molecule has 0 aliphatic carbocycles. The van der Waals surface area contributed by atoms with Crippen LogP contribution in [0.3, 0.4) is 0 Å². The van der Waals surface area contributed by atoms with E-state index in [4.69, 9.17) is 10.8 Å². The molecule has 124 valence electrons. The number of nitrogens with two attached hydrogens (primary N) is 1. The van der Waals surface area contributed by atoms with Crippen molar-refractivity contribution < 1.29 is 29.0 Å². The zero-order valence-corrected chi connectivity index (χ0v) is 12.4. The van der Waals surface area contributed by atoms with Crippen LogP contribution in [0.15, 0.2) is 4.58 Å². The van der Waals surface area contributed by atoms with Gasteiger partial charge in [0.05, 0.1) is 5.92 Å². The number of carboxylic acids is 1. The van der Waals surface area contributed by atoms with Crippen molar-refractivity contribution in [1.29, 1.82) is 0 Å². The molecule has 0 fully saturated rings. The third kappa shape index (κ3) is 9.83. The Morgan fingerprint density at radius 3 is 2.64 bits per heavy atom. The van der Waals surface area contributed by atoms with Crippen molar-refractivity contribution in [2.24, 2.45) is 16.2 Å². The lowest BCUT2D eigenvalue weighted by Gasteiger charge is -2.14. The van der Waals surface area contributed by atoms with Gasteiger partial charge in [-0.3, -0.25) is 24.9 Å². The molecule has 4 N–H and O–H groups in total. The first kappa shape index (κ1) is 20.0. The number of carbonyl (C=O) groups excluding carboxylic acids is 3. The first-order chi connectivity index (χ1) is 10.4. The number of nitrogens with one attached hydrogen (secondary N) is 1. The molecule has 1 amide bonds. The van der Waals surface area contributed by atoms with Crippen molar-refractivity contribution in [3.05, 3.63) is 4.91 Å². The molecule has 0 bridgehead atoms. The van der Waals surface area contributed by atoms with Crippen LogP contribution in [0.5, 0.6) is 0 Å². The highest BCUT2D eigenvalue weighted by Crippen LogP contribution is 2.15. The van der Waals surface area contributed by atoms with Gasteiger partial charge in [-0.15, -0.1) is 4.91 Å². The summed E-state index contributed by atoms with van der Waals surface area (Å²) >= 11 is 0.567. The normalized spacial score (nSPS) is 12.8. The molecule has 0 radical (unpaired) electrons. The monoisotopic (exact) mass is 335 g/mol. The van der Waals surface area contributed by atoms with Gasteiger partial charge in [0.2, 0.25) is 5.91 Å². The summed E-state index contributed by atoms with van der Waals surface area (Å²) in [5, 5.41) is 10.6. The third-order valence-electron chi connectivity index (χ3n) is 2.53. The smallest absolute Gasteiger partial charge is 0.322 e. The van der Waals surface area contributed by atoms with Crippen LogP contribution >= 0.6 is 11.9 Å². The van der Waals surface area contributed by atoms with Gasteiger partial charge >= 0.3 is 5.97 Å². The summed E-state index contributed by atoms with van der Waals surface area (Å²) in [4.78, 5) is 54.0. The number of nitroso groups, excluding NO2 is 1. The van der Waals surface area contributed by atoms with Crippen molar-refractivity contribution in [2.45, 2.75) is 25.5 Å². The van der Waals surface area contributed by atoms with Crippen molar-refractivity contribution in [3.63, 3.8) is 0 Å². The van der Waals surface area contributed by atoms with E-state index >= 15 is 0 Å². The molecular weight excluding hydrogens is 318 g/mol. The number of carbonyl (C=O) groups is 4. The van der Waals surface area contributed by atoms with Gasteiger partial charge in [0.25, 0.3) is 6.47 Å². The zero-order valence-electron chi connectivity index (χ0n) is 11.6. The number of Topliss-reactive ketones (excluding diaryl/α,β-unsaturated/α-hetero) is 1. The van der Waals surface area contributed by atoms with Gasteiger partial charge in [-0.25, -0.2) is 0 Å². The van der Waals surface area contributed by atoms with Crippen molar-refractivity contribution in [2.75, 3.05) is 12.3 Å². The van der Waals surface area contributed by atoms with Gasteiger partial charge in [-0.1, -0.05) is 0 Å². The minimum atomic E-state index is -1.23. The zero-order chi connectivity index (χ0) is 17.0. The quantitative estimate of drug-likeness (QED) is 0.173. The first-order valence-corrected chi connectivity index (χ1v) is 7.15. The van der Waals surface area contributed by atoms with Crippen LogP contribution in [-0.4, -0.2) is 47.8 Å². The molecule has 0 aromatic carbocycles. The van der Waals surface area contributed by atoms with Crippen molar-refractivity contribution in [3.8, 4) is 0 Å². The average Bonchev–Trinajstić information content (AvgIpc) is 2.47. The van der Waals surface area contributed by atoms with Crippen molar-refractivity contribution >= 4 is 36.1 Å². The van der Waals surface area contributed by atoms with E-state index < -0.39 is 30.6 Å². The third-order valence-corrected chi connectivity index (χ3v) is 3.18. The Bertz CT molecular complexity index is 418. The number of ketones is 1. The van der Waals surface area contributed by atoms with Crippen LogP contribution in [0.4, 0.5) is 0 Å². The Kier molecular flexibility index (Phi) is 10.6. The molecule has 0 aromatic rings. The molecule has 0 aromatic heterocycles. The molecule has 2 atom stereocenters. The standard InChI is InChI=1S/C11H17N3O7S/c12-9(21-6-15)2-1-8(16)3-7(5-22-14-20)11(19)13-4-10(17)18/h6-7,9H,1-5,12H2,(H,13,19)(H,17,18)/t7-,9+/m0/s1. The predicted molar refractivity (Wildman–Crippen MR) is 76.4 cm³/mol. The molecule has 0 spiro atoms. The fraction of sp³-hybridized carbons (Fsp3) is 0.636. The lowest BCUT2D eigenvalue weighted by atomic mass is 10.0. The van der Waals surface area contributed by atoms with E-state index in [2.05, 4.69) is 14.6 Å². The van der Waals surface area contributed by atoms with Crippen LogP contribution in [0.1, 0.15) is 19.3 Å². The molecule has 0 aliphatic heterocycles. The second-order valence-corrected chi connectivity index (χ2v) is 4.97. The second kappa shape index (κ2) is 11.6. The molecule has 0 unspecified atom stereocenters. The number of rotatable bonds is 13. The maximum absolute atomic E-state index is 11.8. The van der Waals surface area contributed by atoms with Gasteiger partial charge in [-0.2, -0.15) is 0 Å². The fourth-order valence-corrected chi connectivity index (χ4v) is 1.98. The highest BCUT2D eigenvalue weighted by atomic mass is 32.2. The number of aliphatic carboxylic acids is 1. The molecule has 0 saturated carbocycles. The lowest BCUT2D eigenvalue weighted by molar-refractivity contribution is -0.138. The Hall–Kier alpha value is -2.01. The molecular formula is C11H17N3O7S. The number of nitrogens with zero attached hydrogens (tertiary/aromatic N) is 1. The summed E-state index contributed by atoms with van der Waals surface area (Å²) in [5.41, 5.74) is 5.37. The van der Waals surface area contributed by atoms with Crippen LogP contribution in [0.25, 0.3) is 0 Å². The predicted octanol–water partition coefficient (Wildman–Crippen LogP) is -0.585. The van der Waals surface area contributed by atoms with Gasteiger partial charge < -0.3 is 15.2 Å². The molecule has 10 nitrogen and oxygen atoms in total. The topological polar surface area (TPSA) is 165 Å². The van der Waals surface area contributed by atoms with E-state index in [1.165, 1.54) is 0 Å². The second-order valence-electron chi connectivity index (χ2n) is 4.23. The molecule has 0 saturated heterocycles. The number of hydrogen-bond acceptors (Lipinski definition) is 9. The number of carboxylic acid groups (broad SMARTS) is 1. The van der Waals surface area contributed by atoms with Gasteiger partial charge in [0.1, 0.15) is 12.3 Å².